The summed E-state index contributed by atoms with van der Waals surface area (Å²) in [7, 11) is 1.51. The third kappa shape index (κ3) is 4.90. The Morgan fingerprint density at radius 3 is 2.86 bits per heavy atom. The van der Waals surface area contributed by atoms with Crippen molar-refractivity contribution in [2.24, 2.45) is 0 Å². The lowest BCUT2D eigenvalue weighted by Crippen LogP contribution is -2.38. The second-order valence-corrected chi connectivity index (χ2v) is 9.30. The normalized spacial score (nSPS) is 23.1. The minimum Gasteiger partial charge on any atom is -0.443 e. The Balaban J connectivity index is 1.30. The standard InChI is InChI=1S/C22H26F3N7O3/c1-22(5-6-22)28-21(33)35-16-4-3-12(18(16)23)13-8-17(30-29-13)27-20-15-7-11(10-34-2)31-32(15)9-14(26-20)19(24)25/h7-9,12,16,18-19H,3-6,10H2,1-2H3,(H,28,33)(H2,26,27,29,30)/t12-,16-,18+/m0/s1. The number of rotatable bonds is 8. The van der Waals surface area contributed by atoms with Crippen LogP contribution in [0.25, 0.3) is 5.52 Å². The molecule has 5 rings (SSSR count). The van der Waals surface area contributed by atoms with Crippen molar-refractivity contribution in [3.8, 4) is 0 Å². The number of aromatic nitrogens is 5. The predicted molar refractivity (Wildman–Crippen MR) is 118 cm³/mol. The minimum atomic E-state index is -2.80. The molecule has 3 heterocycles. The number of alkyl carbamates (subject to hydrolysis) is 1. The van der Waals surface area contributed by atoms with E-state index in [9.17, 15) is 13.6 Å². The van der Waals surface area contributed by atoms with Crippen LogP contribution in [0.4, 0.5) is 29.6 Å². The molecule has 3 aromatic rings. The molecule has 2 aliphatic rings. The summed E-state index contributed by atoms with van der Waals surface area (Å²) in [6, 6.07) is 3.27. The maximum Gasteiger partial charge on any atom is 0.407 e. The molecule has 2 aliphatic carbocycles. The summed E-state index contributed by atoms with van der Waals surface area (Å²) in [6.45, 7) is 2.12. The molecule has 0 bridgehead atoms. The highest BCUT2D eigenvalue weighted by Gasteiger charge is 2.43. The number of carbonyl (C=O) groups excluding carboxylic acids is 1. The zero-order valence-corrected chi connectivity index (χ0v) is 19.2. The van der Waals surface area contributed by atoms with Crippen LogP contribution < -0.4 is 10.6 Å². The highest BCUT2D eigenvalue weighted by molar-refractivity contribution is 5.72. The molecule has 0 unspecified atom stereocenters. The van der Waals surface area contributed by atoms with E-state index in [1.54, 1.807) is 12.1 Å². The average molecular weight is 493 g/mol. The molecule has 35 heavy (non-hydrogen) atoms. The highest BCUT2D eigenvalue weighted by Crippen LogP contribution is 2.39. The fourth-order valence-corrected chi connectivity index (χ4v) is 4.29. The monoisotopic (exact) mass is 493 g/mol. The van der Waals surface area contributed by atoms with E-state index in [1.165, 1.54) is 11.6 Å². The van der Waals surface area contributed by atoms with Crippen molar-refractivity contribution in [3.63, 3.8) is 0 Å². The second-order valence-electron chi connectivity index (χ2n) is 9.30. The molecule has 188 valence electrons. The zero-order chi connectivity index (χ0) is 24.7. The fraction of sp³-hybridized carbons (Fsp3) is 0.545. The van der Waals surface area contributed by atoms with Crippen molar-refractivity contribution >= 4 is 23.2 Å². The number of hydrogen-bond acceptors (Lipinski definition) is 7. The Hall–Kier alpha value is -3.35. The molecular formula is C22H26F3N7O3. The van der Waals surface area contributed by atoms with Crippen LogP contribution in [-0.4, -0.2) is 55.8 Å². The number of H-pyrrole nitrogens is 1. The molecule has 13 heteroatoms. The molecule has 1 amide bonds. The molecule has 0 radical (unpaired) electrons. The Morgan fingerprint density at radius 1 is 1.34 bits per heavy atom. The Bertz CT molecular complexity index is 1230. The van der Waals surface area contributed by atoms with Gasteiger partial charge in [-0.2, -0.15) is 10.2 Å². The van der Waals surface area contributed by atoms with Gasteiger partial charge in [-0.3, -0.25) is 5.10 Å². The van der Waals surface area contributed by atoms with E-state index in [4.69, 9.17) is 9.47 Å². The van der Waals surface area contributed by atoms with Gasteiger partial charge in [0, 0.05) is 30.3 Å². The van der Waals surface area contributed by atoms with Crippen molar-refractivity contribution in [3.05, 3.63) is 35.4 Å². The molecule has 0 spiro atoms. The van der Waals surface area contributed by atoms with E-state index in [0.717, 1.165) is 19.0 Å². The van der Waals surface area contributed by atoms with Gasteiger partial charge >= 0.3 is 6.09 Å². The van der Waals surface area contributed by atoms with E-state index in [0.29, 0.717) is 29.7 Å². The first kappa shape index (κ1) is 23.4. The van der Waals surface area contributed by atoms with E-state index in [-0.39, 0.29) is 23.8 Å². The number of hydrogen-bond donors (Lipinski definition) is 3. The molecule has 2 saturated carbocycles. The molecule has 3 atom stereocenters. The van der Waals surface area contributed by atoms with Crippen LogP contribution >= 0.6 is 0 Å². The van der Waals surface area contributed by atoms with Gasteiger partial charge < -0.3 is 20.1 Å². The largest absolute Gasteiger partial charge is 0.443 e. The number of aromatic amines is 1. The van der Waals surface area contributed by atoms with Gasteiger partial charge in [0.2, 0.25) is 0 Å². The Labute approximate surface area is 198 Å². The third-order valence-corrected chi connectivity index (χ3v) is 6.45. The summed E-state index contributed by atoms with van der Waals surface area (Å²) in [6.07, 6.45) is -1.89. The molecule has 0 aliphatic heterocycles. The van der Waals surface area contributed by atoms with Gasteiger partial charge in [0.15, 0.2) is 11.6 Å². The van der Waals surface area contributed by atoms with Crippen LogP contribution in [-0.2, 0) is 16.1 Å². The summed E-state index contributed by atoms with van der Waals surface area (Å²) in [5, 5.41) is 16.9. The van der Waals surface area contributed by atoms with E-state index in [1.807, 2.05) is 6.92 Å². The first-order chi connectivity index (χ1) is 16.7. The van der Waals surface area contributed by atoms with Gasteiger partial charge in [-0.15, -0.1) is 0 Å². The number of carbonyl (C=O) groups is 1. The van der Waals surface area contributed by atoms with E-state index >= 15 is 4.39 Å². The average Bonchev–Trinajstić information content (AvgIpc) is 3.14. The number of nitrogens with zero attached hydrogens (tertiary/aromatic N) is 4. The predicted octanol–water partition coefficient (Wildman–Crippen LogP) is 4.14. The first-order valence-corrected chi connectivity index (χ1v) is 11.4. The maximum atomic E-state index is 15.1. The summed E-state index contributed by atoms with van der Waals surface area (Å²) in [5.41, 5.74) is 0.810. The molecule has 0 saturated heterocycles. The van der Waals surface area contributed by atoms with Crippen LogP contribution in [0, 0.1) is 0 Å². The zero-order valence-electron chi connectivity index (χ0n) is 19.2. The number of anilines is 2. The minimum absolute atomic E-state index is 0.130. The number of halogens is 3. The van der Waals surface area contributed by atoms with E-state index < -0.39 is 36.4 Å². The van der Waals surface area contributed by atoms with Crippen molar-refractivity contribution in [2.75, 3.05) is 12.4 Å². The van der Waals surface area contributed by atoms with Crippen LogP contribution in [0.15, 0.2) is 18.3 Å². The number of methoxy groups -OCH3 is 1. The van der Waals surface area contributed by atoms with Gasteiger partial charge in [0.25, 0.3) is 6.43 Å². The summed E-state index contributed by atoms with van der Waals surface area (Å²) in [5.74, 6) is -0.132. The summed E-state index contributed by atoms with van der Waals surface area (Å²) >= 11 is 0. The molecule has 3 aromatic heterocycles. The molecular weight excluding hydrogens is 467 g/mol. The fourth-order valence-electron chi connectivity index (χ4n) is 4.29. The molecule has 3 N–H and O–H groups in total. The lowest BCUT2D eigenvalue weighted by atomic mass is 10.0. The smallest absolute Gasteiger partial charge is 0.407 e. The van der Waals surface area contributed by atoms with Crippen molar-refractivity contribution < 1.29 is 27.4 Å². The van der Waals surface area contributed by atoms with E-state index in [2.05, 4.69) is 30.9 Å². The number of fused-ring (bicyclic) bond motifs is 1. The van der Waals surface area contributed by atoms with Crippen molar-refractivity contribution in [1.82, 2.24) is 30.1 Å². The first-order valence-electron chi connectivity index (χ1n) is 11.4. The van der Waals surface area contributed by atoms with Crippen molar-refractivity contribution in [2.45, 2.75) is 69.4 Å². The van der Waals surface area contributed by atoms with Crippen LogP contribution in [0.1, 0.15) is 62.0 Å². The molecule has 2 fully saturated rings. The lowest BCUT2D eigenvalue weighted by Gasteiger charge is -2.19. The van der Waals surface area contributed by atoms with Gasteiger partial charge in [-0.1, -0.05) is 0 Å². The maximum absolute atomic E-state index is 15.1. The SMILES string of the molecule is COCc1cc2c(Nc3cc([C@@H]4CC[C@H](OC(=O)NC5(C)CC5)[C@@H]4F)[nH]n3)nc(C(F)F)cn2n1. The summed E-state index contributed by atoms with van der Waals surface area (Å²) in [4.78, 5) is 16.1. The number of nitrogens with one attached hydrogen (secondary N) is 3. The van der Waals surface area contributed by atoms with Gasteiger partial charge in [-0.05, 0) is 38.7 Å². The second kappa shape index (κ2) is 9.02. The number of amides is 1. The Morgan fingerprint density at radius 2 is 2.14 bits per heavy atom. The van der Waals surface area contributed by atoms with Crippen LogP contribution in [0.5, 0.6) is 0 Å². The van der Waals surface area contributed by atoms with Crippen LogP contribution in [0.2, 0.25) is 0 Å². The molecule has 0 aromatic carbocycles. The number of ether oxygens (including phenoxy) is 2. The van der Waals surface area contributed by atoms with Crippen molar-refractivity contribution in [1.29, 1.82) is 0 Å². The topological polar surface area (TPSA) is 118 Å². The van der Waals surface area contributed by atoms with Gasteiger partial charge in [0.1, 0.15) is 23.5 Å². The number of alkyl halides is 3. The van der Waals surface area contributed by atoms with Crippen LogP contribution in [0.3, 0.4) is 0 Å². The third-order valence-electron chi connectivity index (χ3n) is 6.45. The lowest BCUT2D eigenvalue weighted by molar-refractivity contribution is 0.0546. The van der Waals surface area contributed by atoms with Gasteiger partial charge in [0.05, 0.1) is 18.5 Å². The Kier molecular flexibility index (Phi) is 6.03. The van der Waals surface area contributed by atoms with Gasteiger partial charge in [-0.25, -0.2) is 27.5 Å². The highest BCUT2D eigenvalue weighted by atomic mass is 19.3. The summed E-state index contributed by atoms with van der Waals surface area (Å²) < 4.78 is 53.6. The quantitative estimate of drug-likeness (QED) is 0.432. The molecule has 10 nitrogen and oxygen atoms in total.